The zero-order valence-electron chi connectivity index (χ0n) is 12.9. The molecule has 5 nitrogen and oxygen atoms in total. The highest BCUT2D eigenvalue weighted by molar-refractivity contribution is 9.10. The quantitative estimate of drug-likeness (QED) is 0.738. The Hall–Kier alpha value is -1.41. The fraction of sp³-hybridized carbons (Fsp3) is 0.235. The number of hydrogen-bond acceptors (Lipinski definition) is 4. The van der Waals surface area contributed by atoms with Crippen molar-refractivity contribution in [3.63, 3.8) is 0 Å². The fourth-order valence-electron chi connectivity index (χ4n) is 3.36. The summed E-state index contributed by atoms with van der Waals surface area (Å²) in [4.78, 5) is 12.0. The van der Waals surface area contributed by atoms with E-state index in [1.807, 2.05) is 0 Å². The maximum atomic E-state index is 13.1. The Morgan fingerprint density at radius 3 is 2.20 bits per heavy atom. The molecular weight excluding hydrogens is 430 g/mol. The summed E-state index contributed by atoms with van der Waals surface area (Å²) < 4.78 is 27.0. The summed E-state index contributed by atoms with van der Waals surface area (Å²) in [5.41, 5.74) is 4.84. The summed E-state index contributed by atoms with van der Waals surface area (Å²) in [6.45, 7) is -0.263. The van der Waals surface area contributed by atoms with Crippen LogP contribution in [0.4, 0.5) is 0 Å². The van der Waals surface area contributed by atoms with Gasteiger partial charge in [-0.2, -0.15) is 0 Å². The van der Waals surface area contributed by atoms with E-state index in [4.69, 9.17) is 17.3 Å². The SMILES string of the molecule is NC[C@@]1(C(=O)O)[C@H](c2ccc(Br)cc2)[C@@H]1S(=O)(=O)c1ccc(Cl)cc1. The Bertz CT molecular complexity index is 915. The third kappa shape index (κ3) is 2.89. The van der Waals surface area contributed by atoms with Crippen molar-refractivity contribution in [2.45, 2.75) is 16.1 Å². The molecule has 1 aliphatic carbocycles. The van der Waals surface area contributed by atoms with Gasteiger partial charge in [0.2, 0.25) is 0 Å². The molecule has 0 aromatic heterocycles. The highest BCUT2D eigenvalue weighted by Crippen LogP contribution is 2.63. The van der Waals surface area contributed by atoms with Crippen molar-refractivity contribution >= 4 is 43.3 Å². The highest BCUT2D eigenvalue weighted by Gasteiger charge is 2.75. The predicted octanol–water partition coefficient (Wildman–Crippen LogP) is 3.07. The molecule has 3 atom stereocenters. The Morgan fingerprint density at radius 2 is 1.72 bits per heavy atom. The first-order valence-corrected chi connectivity index (χ1v) is 10.2. The minimum absolute atomic E-state index is 0.0422. The summed E-state index contributed by atoms with van der Waals surface area (Å²) in [7, 11) is -3.89. The van der Waals surface area contributed by atoms with Crippen LogP contribution in [0.1, 0.15) is 11.5 Å². The third-order valence-corrected chi connectivity index (χ3v) is 7.77. The Kier molecular flexibility index (Phi) is 4.70. The van der Waals surface area contributed by atoms with Crippen LogP contribution in [0.25, 0.3) is 0 Å². The van der Waals surface area contributed by atoms with E-state index in [1.54, 1.807) is 24.3 Å². The lowest BCUT2D eigenvalue weighted by Gasteiger charge is -2.10. The van der Waals surface area contributed by atoms with Crippen molar-refractivity contribution in [3.05, 3.63) is 63.6 Å². The topological polar surface area (TPSA) is 97.5 Å². The van der Waals surface area contributed by atoms with E-state index in [0.29, 0.717) is 10.6 Å². The fourth-order valence-corrected chi connectivity index (χ4v) is 6.14. The van der Waals surface area contributed by atoms with Crippen LogP contribution in [0.3, 0.4) is 0 Å². The number of hydrogen-bond donors (Lipinski definition) is 2. The molecule has 1 aliphatic rings. The lowest BCUT2D eigenvalue weighted by Crippen LogP contribution is -2.31. The third-order valence-electron chi connectivity index (χ3n) is 4.70. The largest absolute Gasteiger partial charge is 0.481 e. The van der Waals surface area contributed by atoms with E-state index in [9.17, 15) is 18.3 Å². The molecule has 1 fully saturated rings. The van der Waals surface area contributed by atoms with E-state index < -0.39 is 32.4 Å². The van der Waals surface area contributed by atoms with Crippen LogP contribution in [-0.2, 0) is 14.6 Å². The first kappa shape index (κ1) is 18.4. The van der Waals surface area contributed by atoms with Crippen LogP contribution >= 0.6 is 27.5 Å². The van der Waals surface area contributed by atoms with E-state index >= 15 is 0 Å². The van der Waals surface area contributed by atoms with Crippen molar-refractivity contribution in [1.82, 2.24) is 0 Å². The van der Waals surface area contributed by atoms with Crippen LogP contribution in [-0.4, -0.2) is 31.3 Å². The summed E-state index contributed by atoms with van der Waals surface area (Å²) in [6, 6.07) is 12.7. The van der Waals surface area contributed by atoms with E-state index in [-0.39, 0.29) is 11.4 Å². The molecule has 2 aromatic carbocycles. The van der Waals surface area contributed by atoms with Crippen molar-refractivity contribution in [1.29, 1.82) is 0 Å². The number of halogens is 2. The van der Waals surface area contributed by atoms with E-state index in [0.717, 1.165) is 4.47 Å². The number of aliphatic carboxylic acids is 1. The molecule has 8 heteroatoms. The maximum absolute atomic E-state index is 13.1. The average Bonchev–Trinajstić information content (AvgIpc) is 3.27. The van der Waals surface area contributed by atoms with Gasteiger partial charge >= 0.3 is 5.97 Å². The number of carboxylic acids is 1. The van der Waals surface area contributed by atoms with E-state index in [2.05, 4.69) is 15.9 Å². The lowest BCUT2D eigenvalue weighted by atomic mass is 9.99. The van der Waals surface area contributed by atoms with Crippen LogP contribution in [0.2, 0.25) is 5.02 Å². The predicted molar refractivity (Wildman–Crippen MR) is 98.4 cm³/mol. The molecule has 0 saturated heterocycles. The molecular formula is C17H15BrClNO4S. The normalized spacial score (nSPS) is 25.6. The van der Waals surface area contributed by atoms with Gasteiger partial charge in [-0.25, -0.2) is 8.42 Å². The van der Waals surface area contributed by atoms with Gasteiger partial charge in [-0.05, 0) is 42.0 Å². The molecule has 2 aromatic rings. The molecule has 0 spiro atoms. The van der Waals surface area contributed by atoms with Crippen LogP contribution < -0.4 is 5.73 Å². The molecule has 0 amide bonds. The summed E-state index contributed by atoms with van der Waals surface area (Å²) in [5.74, 6) is -1.91. The van der Waals surface area contributed by atoms with Crippen molar-refractivity contribution in [3.8, 4) is 0 Å². The molecule has 0 unspecified atom stereocenters. The highest BCUT2D eigenvalue weighted by atomic mass is 79.9. The van der Waals surface area contributed by atoms with Crippen molar-refractivity contribution in [2.75, 3.05) is 6.54 Å². The molecule has 0 heterocycles. The second-order valence-electron chi connectivity index (χ2n) is 6.00. The van der Waals surface area contributed by atoms with Crippen LogP contribution in [0.15, 0.2) is 57.9 Å². The maximum Gasteiger partial charge on any atom is 0.312 e. The number of nitrogens with two attached hydrogens (primary N) is 1. The number of sulfone groups is 1. The molecule has 132 valence electrons. The van der Waals surface area contributed by atoms with Crippen molar-refractivity contribution < 1.29 is 18.3 Å². The molecule has 3 N–H and O–H groups in total. The molecule has 3 rings (SSSR count). The molecule has 0 radical (unpaired) electrons. The average molecular weight is 445 g/mol. The monoisotopic (exact) mass is 443 g/mol. The van der Waals surface area contributed by atoms with Crippen LogP contribution in [0.5, 0.6) is 0 Å². The minimum Gasteiger partial charge on any atom is -0.481 e. The second kappa shape index (κ2) is 6.39. The van der Waals surface area contributed by atoms with Gasteiger partial charge in [-0.3, -0.25) is 4.79 Å². The van der Waals surface area contributed by atoms with Gasteiger partial charge in [0.25, 0.3) is 0 Å². The van der Waals surface area contributed by atoms with Crippen LogP contribution in [0, 0.1) is 5.41 Å². The lowest BCUT2D eigenvalue weighted by molar-refractivity contribution is -0.143. The summed E-state index contributed by atoms with van der Waals surface area (Å²) in [5, 5.41) is 9.02. The molecule has 0 aliphatic heterocycles. The smallest absolute Gasteiger partial charge is 0.312 e. The standard InChI is InChI=1S/C17H15BrClNO4S/c18-11-3-1-10(2-4-11)14-15(17(14,9-20)16(21)22)25(23,24)13-7-5-12(19)6-8-13/h1-8,14-15H,9,20H2,(H,21,22)/t14-,15+,17-/m1/s1. The van der Waals surface area contributed by atoms with Crippen molar-refractivity contribution in [2.24, 2.45) is 11.1 Å². The number of benzene rings is 2. The Morgan fingerprint density at radius 1 is 1.16 bits per heavy atom. The van der Waals surface area contributed by atoms with Gasteiger partial charge in [0.1, 0.15) is 5.41 Å². The molecule has 0 bridgehead atoms. The van der Waals surface area contributed by atoms with Gasteiger partial charge in [-0.15, -0.1) is 0 Å². The first-order valence-electron chi connectivity index (χ1n) is 7.43. The number of rotatable bonds is 5. The summed E-state index contributed by atoms with van der Waals surface area (Å²) >= 11 is 9.13. The Labute approximate surface area is 158 Å². The zero-order chi connectivity index (χ0) is 18.4. The first-order chi connectivity index (χ1) is 11.7. The van der Waals surface area contributed by atoms with Gasteiger partial charge in [0, 0.05) is 22.0 Å². The Balaban J connectivity index is 2.10. The molecule has 1 saturated carbocycles. The van der Waals surface area contributed by atoms with Gasteiger partial charge in [0.15, 0.2) is 9.84 Å². The molecule has 25 heavy (non-hydrogen) atoms. The van der Waals surface area contributed by atoms with E-state index in [1.165, 1.54) is 24.3 Å². The minimum atomic E-state index is -3.89. The van der Waals surface area contributed by atoms with Gasteiger partial charge in [-0.1, -0.05) is 39.7 Å². The second-order valence-corrected chi connectivity index (χ2v) is 9.42. The number of carbonyl (C=O) groups is 1. The summed E-state index contributed by atoms with van der Waals surface area (Å²) in [6.07, 6.45) is 0. The van der Waals surface area contributed by atoms with Gasteiger partial charge < -0.3 is 10.8 Å². The van der Waals surface area contributed by atoms with Gasteiger partial charge in [0.05, 0.1) is 10.1 Å². The number of carboxylic acid groups (broad SMARTS) is 1. The zero-order valence-corrected chi connectivity index (χ0v) is 16.1.